The Balaban J connectivity index is 2.04. The average Bonchev–Trinajstić information content (AvgIpc) is 2.86. The van der Waals surface area contributed by atoms with E-state index >= 15 is 0 Å². The Bertz CT molecular complexity index is 820. The number of nitrogens with zero attached hydrogens (tertiary/aromatic N) is 3. The molecule has 0 saturated heterocycles. The maximum atomic E-state index is 12.9. The summed E-state index contributed by atoms with van der Waals surface area (Å²) in [6.07, 6.45) is 1.99. The van der Waals surface area contributed by atoms with Gasteiger partial charge < -0.3 is 14.7 Å². The first-order valence-corrected chi connectivity index (χ1v) is 8.55. The Hall–Kier alpha value is -2.75. The third kappa shape index (κ3) is 3.12. The summed E-state index contributed by atoms with van der Waals surface area (Å²) < 4.78 is 0. The molecule has 0 unspecified atom stereocenters. The van der Waals surface area contributed by atoms with Gasteiger partial charge in [-0.1, -0.05) is 18.2 Å². The summed E-state index contributed by atoms with van der Waals surface area (Å²) in [6.45, 7) is 2.68. The van der Waals surface area contributed by atoms with Gasteiger partial charge in [-0.2, -0.15) is 0 Å². The average molecular weight is 335 g/mol. The van der Waals surface area contributed by atoms with Gasteiger partial charge in [0.05, 0.1) is 5.69 Å². The molecule has 0 bridgehead atoms. The zero-order valence-electron chi connectivity index (χ0n) is 15.6. The highest BCUT2D eigenvalue weighted by atomic mass is 16.2. The van der Waals surface area contributed by atoms with E-state index in [1.165, 1.54) is 0 Å². The lowest BCUT2D eigenvalue weighted by atomic mass is 10.0. The molecule has 0 radical (unpaired) electrons. The molecule has 0 saturated carbocycles. The SMILES string of the molecule is CCN1C(=O)/C(=C\c2ccc(N(C)C)cc2)c2ccc(N(C)C)cc21. The maximum Gasteiger partial charge on any atom is 0.258 e. The molecule has 3 rings (SSSR count). The molecule has 0 aromatic heterocycles. The summed E-state index contributed by atoms with van der Waals surface area (Å²) in [5.74, 6) is 0.0742. The molecule has 4 heteroatoms. The van der Waals surface area contributed by atoms with Gasteiger partial charge in [-0.25, -0.2) is 0 Å². The standard InChI is InChI=1S/C21H25N3O/c1-6-24-20-14-17(23(4)5)11-12-18(20)19(21(24)25)13-15-7-9-16(10-8-15)22(2)3/h7-14H,6H2,1-5H3/b19-13-. The second-order valence-corrected chi connectivity index (χ2v) is 6.69. The fourth-order valence-corrected chi connectivity index (χ4v) is 3.11. The van der Waals surface area contributed by atoms with E-state index in [1.54, 1.807) is 0 Å². The first-order valence-electron chi connectivity index (χ1n) is 8.55. The highest BCUT2D eigenvalue weighted by molar-refractivity contribution is 6.36. The Labute approximate surface area is 150 Å². The van der Waals surface area contributed by atoms with Crippen LogP contribution in [-0.4, -0.2) is 40.6 Å². The second kappa shape index (κ2) is 6.63. The number of carbonyl (C=O) groups excluding carboxylic acids is 1. The zero-order valence-corrected chi connectivity index (χ0v) is 15.6. The minimum atomic E-state index is 0.0742. The highest BCUT2D eigenvalue weighted by Gasteiger charge is 2.31. The summed E-state index contributed by atoms with van der Waals surface area (Å²) in [7, 11) is 8.06. The van der Waals surface area contributed by atoms with Crippen LogP contribution < -0.4 is 14.7 Å². The molecule has 0 fully saturated rings. The van der Waals surface area contributed by atoms with Crippen molar-refractivity contribution in [1.82, 2.24) is 0 Å². The van der Waals surface area contributed by atoms with Crippen LogP contribution in [0.4, 0.5) is 17.1 Å². The van der Waals surface area contributed by atoms with Crippen molar-refractivity contribution in [2.24, 2.45) is 0 Å². The molecule has 130 valence electrons. The second-order valence-electron chi connectivity index (χ2n) is 6.69. The van der Waals surface area contributed by atoms with Gasteiger partial charge in [0.25, 0.3) is 5.91 Å². The number of likely N-dealkylation sites (N-methyl/N-ethyl adjacent to an activating group) is 1. The van der Waals surface area contributed by atoms with Crippen molar-refractivity contribution in [2.75, 3.05) is 49.4 Å². The molecule has 1 aliphatic rings. The predicted octanol–water partition coefficient (Wildman–Crippen LogP) is 3.73. The Kier molecular flexibility index (Phi) is 4.53. The minimum absolute atomic E-state index is 0.0742. The first kappa shape index (κ1) is 17.1. The lowest BCUT2D eigenvalue weighted by Crippen LogP contribution is -2.25. The van der Waals surface area contributed by atoms with Crippen molar-refractivity contribution in [3.63, 3.8) is 0 Å². The van der Waals surface area contributed by atoms with Gasteiger partial charge in [-0.05, 0) is 42.8 Å². The molecule has 4 nitrogen and oxygen atoms in total. The van der Waals surface area contributed by atoms with Crippen molar-refractivity contribution in [1.29, 1.82) is 0 Å². The van der Waals surface area contributed by atoms with Crippen molar-refractivity contribution in [2.45, 2.75) is 6.92 Å². The van der Waals surface area contributed by atoms with Gasteiger partial charge in [0.15, 0.2) is 0 Å². The van der Waals surface area contributed by atoms with E-state index < -0.39 is 0 Å². The number of hydrogen-bond donors (Lipinski definition) is 0. The van der Waals surface area contributed by atoms with Crippen LogP contribution in [0.5, 0.6) is 0 Å². The van der Waals surface area contributed by atoms with Crippen molar-refractivity contribution in [3.8, 4) is 0 Å². The summed E-state index contributed by atoms with van der Waals surface area (Å²) in [5, 5.41) is 0. The number of benzene rings is 2. The van der Waals surface area contributed by atoms with E-state index in [0.29, 0.717) is 6.54 Å². The lowest BCUT2D eigenvalue weighted by Gasteiger charge is -2.17. The topological polar surface area (TPSA) is 26.8 Å². The van der Waals surface area contributed by atoms with E-state index in [0.717, 1.165) is 33.8 Å². The van der Waals surface area contributed by atoms with E-state index in [2.05, 4.69) is 52.3 Å². The third-order valence-electron chi connectivity index (χ3n) is 4.59. The van der Waals surface area contributed by atoms with Gasteiger partial charge in [-0.15, -0.1) is 0 Å². The van der Waals surface area contributed by atoms with Crippen molar-refractivity contribution >= 4 is 34.6 Å². The van der Waals surface area contributed by atoms with E-state index in [9.17, 15) is 4.79 Å². The molecule has 1 aliphatic heterocycles. The Morgan fingerprint density at radius 1 is 0.920 bits per heavy atom. The largest absolute Gasteiger partial charge is 0.378 e. The van der Waals surface area contributed by atoms with Crippen LogP contribution >= 0.6 is 0 Å². The number of rotatable bonds is 4. The Morgan fingerprint density at radius 2 is 1.52 bits per heavy atom. The van der Waals surface area contributed by atoms with Gasteiger partial charge in [0.2, 0.25) is 0 Å². The van der Waals surface area contributed by atoms with Crippen LogP contribution in [0.15, 0.2) is 42.5 Å². The Morgan fingerprint density at radius 3 is 2.08 bits per heavy atom. The third-order valence-corrected chi connectivity index (χ3v) is 4.59. The smallest absolute Gasteiger partial charge is 0.258 e. The van der Waals surface area contributed by atoms with Crippen LogP contribution in [-0.2, 0) is 4.79 Å². The molecular weight excluding hydrogens is 310 g/mol. The normalized spacial score (nSPS) is 14.8. The number of amides is 1. The molecule has 0 aliphatic carbocycles. The van der Waals surface area contributed by atoms with E-state index in [-0.39, 0.29) is 5.91 Å². The highest BCUT2D eigenvalue weighted by Crippen LogP contribution is 2.39. The quantitative estimate of drug-likeness (QED) is 0.797. The fraction of sp³-hybridized carbons (Fsp3) is 0.286. The number of anilines is 3. The van der Waals surface area contributed by atoms with Crippen molar-refractivity contribution in [3.05, 3.63) is 53.6 Å². The number of fused-ring (bicyclic) bond motifs is 1. The molecule has 1 amide bonds. The van der Waals surface area contributed by atoms with Crippen LogP contribution in [0.25, 0.3) is 11.6 Å². The van der Waals surface area contributed by atoms with E-state index in [1.807, 2.05) is 46.1 Å². The summed E-state index contributed by atoms with van der Waals surface area (Å²) in [5.41, 5.74) is 6.05. The summed E-state index contributed by atoms with van der Waals surface area (Å²) >= 11 is 0. The minimum Gasteiger partial charge on any atom is -0.378 e. The number of carbonyl (C=O) groups is 1. The summed E-state index contributed by atoms with van der Waals surface area (Å²) in [6, 6.07) is 14.5. The predicted molar refractivity (Wildman–Crippen MR) is 107 cm³/mol. The van der Waals surface area contributed by atoms with Gasteiger partial charge in [0, 0.05) is 57.2 Å². The van der Waals surface area contributed by atoms with Gasteiger partial charge in [-0.3, -0.25) is 4.79 Å². The first-order chi connectivity index (χ1) is 11.9. The molecule has 1 heterocycles. The fourth-order valence-electron chi connectivity index (χ4n) is 3.11. The molecule has 25 heavy (non-hydrogen) atoms. The molecule has 0 spiro atoms. The summed E-state index contributed by atoms with van der Waals surface area (Å²) in [4.78, 5) is 18.9. The van der Waals surface area contributed by atoms with Crippen LogP contribution in [0.1, 0.15) is 18.1 Å². The van der Waals surface area contributed by atoms with E-state index in [4.69, 9.17) is 0 Å². The molecule has 0 atom stereocenters. The van der Waals surface area contributed by atoms with Crippen LogP contribution in [0, 0.1) is 0 Å². The maximum absolute atomic E-state index is 12.9. The van der Waals surface area contributed by atoms with Crippen LogP contribution in [0.2, 0.25) is 0 Å². The number of hydrogen-bond acceptors (Lipinski definition) is 3. The van der Waals surface area contributed by atoms with Crippen LogP contribution in [0.3, 0.4) is 0 Å². The monoisotopic (exact) mass is 335 g/mol. The zero-order chi connectivity index (χ0) is 18.1. The molecule has 0 N–H and O–H groups in total. The molecule has 2 aromatic carbocycles. The van der Waals surface area contributed by atoms with Gasteiger partial charge >= 0.3 is 0 Å². The molecular formula is C21H25N3O. The lowest BCUT2D eigenvalue weighted by molar-refractivity contribution is -0.112. The van der Waals surface area contributed by atoms with Gasteiger partial charge in [0.1, 0.15) is 0 Å². The molecule has 2 aromatic rings. The van der Waals surface area contributed by atoms with Crippen molar-refractivity contribution < 1.29 is 4.79 Å².